The molecule has 0 saturated carbocycles. The number of amides is 1. The summed E-state index contributed by atoms with van der Waals surface area (Å²) >= 11 is 1.20. The highest BCUT2D eigenvalue weighted by molar-refractivity contribution is 8.13. The highest BCUT2D eigenvalue weighted by Gasteiger charge is 2.01. The first-order chi connectivity index (χ1) is 7.22. The van der Waals surface area contributed by atoms with Crippen molar-refractivity contribution in [2.24, 2.45) is 10.7 Å². The van der Waals surface area contributed by atoms with Crippen molar-refractivity contribution in [3.05, 3.63) is 35.9 Å². The lowest BCUT2D eigenvalue weighted by Gasteiger charge is -2.01. The minimum Gasteiger partial charge on any atom is -0.443 e. The van der Waals surface area contributed by atoms with Gasteiger partial charge >= 0.3 is 6.09 Å². The molecule has 0 bridgehead atoms. The SMILES string of the molecule is CS/C(N)=N/C(=O)OCc1ccccc1. The average molecular weight is 224 g/mol. The van der Waals surface area contributed by atoms with Crippen LogP contribution in [0.1, 0.15) is 5.56 Å². The summed E-state index contributed by atoms with van der Waals surface area (Å²) in [6, 6.07) is 9.39. The van der Waals surface area contributed by atoms with Gasteiger partial charge in [0, 0.05) is 0 Å². The number of thioether (sulfide) groups is 1. The first-order valence-electron chi connectivity index (χ1n) is 4.31. The standard InChI is InChI=1S/C10H12N2O2S/c1-15-9(11)12-10(13)14-7-8-5-3-2-4-6-8/h2-6H,7H2,1H3,(H2,11,12,13). The highest BCUT2D eigenvalue weighted by atomic mass is 32.2. The van der Waals surface area contributed by atoms with Crippen LogP contribution in [0.15, 0.2) is 35.3 Å². The van der Waals surface area contributed by atoms with E-state index in [2.05, 4.69) is 4.99 Å². The number of nitrogens with zero attached hydrogens (tertiary/aromatic N) is 1. The summed E-state index contributed by atoms with van der Waals surface area (Å²) < 4.78 is 4.88. The molecular formula is C10H12N2O2S. The monoisotopic (exact) mass is 224 g/mol. The molecular weight excluding hydrogens is 212 g/mol. The topological polar surface area (TPSA) is 64.7 Å². The number of amidine groups is 1. The highest BCUT2D eigenvalue weighted by Crippen LogP contribution is 2.02. The molecule has 0 aromatic heterocycles. The van der Waals surface area contributed by atoms with Crippen LogP contribution in [0.3, 0.4) is 0 Å². The molecule has 0 unspecified atom stereocenters. The van der Waals surface area contributed by atoms with E-state index >= 15 is 0 Å². The quantitative estimate of drug-likeness (QED) is 0.616. The Morgan fingerprint density at radius 2 is 2.13 bits per heavy atom. The van der Waals surface area contributed by atoms with Gasteiger partial charge in [0.25, 0.3) is 0 Å². The van der Waals surface area contributed by atoms with E-state index in [4.69, 9.17) is 10.5 Å². The number of nitrogens with two attached hydrogens (primary N) is 1. The molecule has 0 aliphatic heterocycles. The van der Waals surface area contributed by atoms with Gasteiger partial charge in [-0.05, 0) is 11.8 Å². The van der Waals surface area contributed by atoms with Gasteiger partial charge in [-0.15, -0.1) is 0 Å². The normalized spacial score (nSPS) is 11.1. The summed E-state index contributed by atoms with van der Waals surface area (Å²) in [5.74, 6) is 0. The Labute approximate surface area is 92.5 Å². The van der Waals surface area contributed by atoms with Crippen LogP contribution < -0.4 is 5.73 Å². The van der Waals surface area contributed by atoms with Crippen LogP contribution >= 0.6 is 11.8 Å². The van der Waals surface area contributed by atoms with E-state index in [1.54, 1.807) is 6.26 Å². The van der Waals surface area contributed by atoms with Crippen molar-refractivity contribution in [2.45, 2.75) is 6.61 Å². The largest absolute Gasteiger partial charge is 0.443 e. The Morgan fingerprint density at radius 3 is 2.73 bits per heavy atom. The van der Waals surface area contributed by atoms with Crippen molar-refractivity contribution < 1.29 is 9.53 Å². The first-order valence-corrected chi connectivity index (χ1v) is 5.53. The van der Waals surface area contributed by atoms with Crippen molar-refractivity contribution >= 4 is 23.0 Å². The van der Waals surface area contributed by atoms with E-state index in [0.29, 0.717) is 0 Å². The molecule has 0 fully saturated rings. The number of carbonyl (C=O) groups excluding carboxylic acids is 1. The van der Waals surface area contributed by atoms with Crippen molar-refractivity contribution in [3.8, 4) is 0 Å². The van der Waals surface area contributed by atoms with E-state index in [1.807, 2.05) is 30.3 Å². The molecule has 0 heterocycles. The van der Waals surface area contributed by atoms with Crippen LogP contribution in [0.5, 0.6) is 0 Å². The third kappa shape index (κ3) is 4.51. The van der Waals surface area contributed by atoms with Gasteiger partial charge in [-0.3, -0.25) is 0 Å². The predicted octanol–water partition coefficient (Wildman–Crippen LogP) is 2.00. The van der Waals surface area contributed by atoms with Gasteiger partial charge in [-0.1, -0.05) is 42.1 Å². The fraction of sp³-hybridized carbons (Fsp3) is 0.200. The van der Waals surface area contributed by atoms with E-state index in [-0.39, 0.29) is 11.8 Å². The maximum absolute atomic E-state index is 11.1. The Balaban J connectivity index is 2.41. The van der Waals surface area contributed by atoms with Crippen LogP contribution in [0.4, 0.5) is 4.79 Å². The fourth-order valence-corrected chi connectivity index (χ4v) is 1.05. The van der Waals surface area contributed by atoms with Crippen molar-refractivity contribution in [3.63, 3.8) is 0 Å². The maximum atomic E-state index is 11.1. The number of benzene rings is 1. The summed E-state index contributed by atoms with van der Waals surface area (Å²) in [4.78, 5) is 14.6. The number of rotatable bonds is 2. The lowest BCUT2D eigenvalue weighted by Crippen LogP contribution is -2.10. The summed E-state index contributed by atoms with van der Waals surface area (Å²) in [5, 5.41) is 0.202. The van der Waals surface area contributed by atoms with E-state index in [0.717, 1.165) is 5.56 Å². The molecule has 0 aliphatic rings. The van der Waals surface area contributed by atoms with Gasteiger partial charge in [0.15, 0.2) is 5.17 Å². The van der Waals surface area contributed by atoms with E-state index in [1.165, 1.54) is 11.8 Å². The van der Waals surface area contributed by atoms with Gasteiger partial charge in [-0.25, -0.2) is 4.79 Å². The summed E-state index contributed by atoms with van der Waals surface area (Å²) in [7, 11) is 0. The minimum atomic E-state index is -0.661. The van der Waals surface area contributed by atoms with Gasteiger partial charge < -0.3 is 10.5 Å². The zero-order chi connectivity index (χ0) is 11.1. The molecule has 0 radical (unpaired) electrons. The van der Waals surface area contributed by atoms with Crippen LogP contribution in [0.25, 0.3) is 0 Å². The van der Waals surface area contributed by atoms with Gasteiger partial charge in [0.1, 0.15) is 6.61 Å². The van der Waals surface area contributed by atoms with Crippen LogP contribution in [-0.2, 0) is 11.3 Å². The second kappa shape index (κ2) is 6.08. The fourth-order valence-electron chi connectivity index (χ4n) is 0.887. The Hall–Kier alpha value is -1.49. The summed E-state index contributed by atoms with van der Waals surface area (Å²) in [5.41, 5.74) is 6.28. The van der Waals surface area contributed by atoms with Crippen molar-refractivity contribution in [1.82, 2.24) is 0 Å². The molecule has 1 aromatic carbocycles. The maximum Gasteiger partial charge on any atom is 0.436 e. The number of hydrogen-bond donors (Lipinski definition) is 1. The van der Waals surface area contributed by atoms with Crippen LogP contribution in [0.2, 0.25) is 0 Å². The third-order valence-electron chi connectivity index (χ3n) is 1.62. The van der Waals surface area contributed by atoms with Crippen LogP contribution in [0, 0.1) is 0 Å². The zero-order valence-corrected chi connectivity index (χ0v) is 9.16. The molecule has 1 amide bonds. The number of carbonyl (C=O) groups is 1. The van der Waals surface area contributed by atoms with Crippen molar-refractivity contribution in [1.29, 1.82) is 0 Å². The second-order valence-electron chi connectivity index (χ2n) is 2.69. The molecule has 80 valence electrons. The number of aliphatic imine (C=N–C) groups is 1. The minimum absolute atomic E-state index is 0.202. The molecule has 5 heteroatoms. The third-order valence-corrected chi connectivity index (χ3v) is 2.13. The molecule has 0 spiro atoms. The van der Waals surface area contributed by atoms with E-state index in [9.17, 15) is 4.79 Å². The number of ether oxygens (including phenoxy) is 1. The second-order valence-corrected chi connectivity index (χ2v) is 3.52. The lowest BCUT2D eigenvalue weighted by molar-refractivity contribution is 0.151. The molecule has 15 heavy (non-hydrogen) atoms. The molecule has 2 N–H and O–H groups in total. The molecule has 1 aromatic rings. The molecule has 0 atom stereocenters. The van der Waals surface area contributed by atoms with Crippen molar-refractivity contribution in [2.75, 3.05) is 6.26 Å². The summed E-state index contributed by atoms with van der Waals surface area (Å²) in [6.45, 7) is 0.213. The van der Waals surface area contributed by atoms with Gasteiger partial charge in [-0.2, -0.15) is 4.99 Å². The Kier molecular flexibility index (Phi) is 4.70. The van der Waals surface area contributed by atoms with Gasteiger partial charge in [0.2, 0.25) is 0 Å². The molecule has 1 rings (SSSR count). The number of hydrogen-bond acceptors (Lipinski definition) is 3. The molecule has 0 saturated heterocycles. The molecule has 0 aliphatic carbocycles. The van der Waals surface area contributed by atoms with E-state index < -0.39 is 6.09 Å². The average Bonchev–Trinajstić information content (AvgIpc) is 2.27. The summed E-state index contributed by atoms with van der Waals surface area (Å²) in [6.07, 6.45) is 1.08. The van der Waals surface area contributed by atoms with Gasteiger partial charge in [0.05, 0.1) is 0 Å². The Morgan fingerprint density at radius 1 is 1.47 bits per heavy atom. The molecule has 4 nitrogen and oxygen atoms in total. The Bertz CT molecular complexity index is 352. The smallest absolute Gasteiger partial charge is 0.436 e. The first kappa shape index (κ1) is 11.6. The zero-order valence-electron chi connectivity index (χ0n) is 8.34. The van der Waals surface area contributed by atoms with Crippen LogP contribution in [-0.4, -0.2) is 17.5 Å². The lowest BCUT2D eigenvalue weighted by atomic mass is 10.2. The predicted molar refractivity (Wildman–Crippen MR) is 61.8 cm³/mol.